The average Bonchev–Trinajstić information content (AvgIpc) is 3.61. The zero-order chi connectivity index (χ0) is 39.3. The Bertz CT molecular complexity index is 3080. The van der Waals surface area contributed by atoms with Gasteiger partial charge in [0.15, 0.2) is 0 Å². The van der Waals surface area contributed by atoms with E-state index >= 15 is 0 Å². The van der Waals surface area contributed by atoms with Crippen molar-refractivity contribution in [3.05, 3.63) is 217 Å². The smallest absolute Gasteiger partial charge is 0.230 e. The van der Waals surface area contributed by atoms with Gasteiger partial charge in [-0.2, -0.15) is 0 Å². The largest absolute Gasteiger partial charge is 0.309 e. The van der Waals surface area contributed by atoms with Gasteiger partial charge in [0.2, 0.25) is 8.07 Å². The van der Waals surface area contributed by atoms with E-state index in [1.807, 2.05) is 0 Å². The lowest BCUT2D eigenvalue weighted by Crippen LogP contribution is -2.66. The molecule has 0 fully saturated rings. The highest BCUT2D eigenvalue weighted by Gasteiger charge is 2.39. The second-order valence-corrected chi connectivity index (χ2v) is 19.8. The molecule has 0 bridgehead atoms. The first-order valence-corrected chi connectivity index (χ1v) is 22.2. The number of hydrogen-bond acceptors (Lipinski definition) is 0. The minimum atomic E-state index is -3.03. The number of hydrogen-bond donors (Lipinski definition) is 0. The molecule has 0 atom stereocenters. The molecule has 10 rings (SSSR count). The highest BCUT2D eigenvalue weighted by atomic mass is 28.3. The van der Waals surface area contributed by atoms with Gasteiger partial charge in [-0.25, -0.2) is 0 Å². The van der Waals surface area contributed by atoms with Gasteiger partial charge in [-0.05, 0) is 83.5 Å². The topological polar surface area (TPSA) is 4.93 Å². The molecule has 58 heavy (non-hydrogen) atoms. The maximum absolute atomic E-state index is 4.20. The van der Waals surface area contributed by atoms with Gasteiger partial charge in [-0.1, -0.05) is 209 Å². The predicted molar refractivity (Wildman–Crippen MR) is 251 cm³/mol. The third-order valence-corrected chi connectivity index (χ3v) is 16.0. The Labute approximate surface area is 341 Å². The number of rotatable bonds is 5. The molecule has 0 spiro atoms. The summed E-state index contributed by atoms with van der Waals surface area (Å²) in [5.41, 5.74) is 12.7. The van der Waals surface area contributed by atoms with Crippen LogP contribution in [-0.4, -0.2) is 12.6 Å². The number of para-hydroxylation sites is 2. The predicted octanol–water partition coefficient (Wildman–Crippen LogP) is 12.1. The number of aromatic nitrogens is 1. The van der Waals surface area contributed by atoms with Crippen LogP contribution in [0.2, 0.25) is 0 Å². The van der Waals surface area contributed by atoms with E-state index in [0.29, 0.717) is 0 Å². The molecule has 0 aliphatic rings. The van der Waals surface area contributed by atoms with Crippen molar-refractivity contribution < 1.29 is 0 Å². The van der Waals surface area contributed by atoms with Gasteiger partial charge in [0.25, 0.3) is 0 Å². The average molecular weight is 758 g/mol. The molecular weight excluding hydrogens is 715 g/mol. The molecule has 0 N–H and O–H groups in total. The van der Waals surface area contributed by atoms with Gasteiger partial charge in [0.05, 0.1) is 11.0 Å². The molecule has 9 aromatic carbocycles. The fraction of sp³-hybridized carbons (Fsp3) is 0.0714. The standard InChI is InChI=1S/C56H43NSi/c1-56(2,3)41-33-31-40(32-34-41)55-50-28-15-13-25-46(50)48(47-26-14-16-29-51(47)55)37-38-58(43-21-9-5-10-22-43,44-23-11-6-12-24-44)45-35-36-54-52(39-45)49-27-17-18-30-53(49)57(54)42-19-7-4-8-20-42/h4-36,39H,1-3H3. The van der Waals surface area contributed by atoms with Crippen LogP contribution in [0.4, 0.5) is 0 Å². The lowest BCUT2D eigenvalue weighted by atomic mass is 9.84. The van der Waals surface area contributed by atoms with Crippen LogP contribution in [-0.2, 0) is 5.41 Å². The molecule has 0 amide bonds. The molecule has 0 unspecified atom stereocenters. The zero-order valence-corrected chi connectivity index (χ0v) is 34.1. The maximum Gasteiger partial charge on any atom is 0.230 e. The van der Waals surface area contributed by atoms with Crippen molar-refractivity contribution >= 4 is 67.0 Å². The number of benzene rings is 9. The normalized spacial score (nSPS) is 11.9. The van der Waals surface area contributed by atoms with Crippen LogP contribution in [0.1, 0.15) is 31.9 Å². The molecule has 276 valence electrons. The Hall–Kier alpha value is -6.92. The van der Waals surface area contributed by atoms with E-state index in [0.717, 1.165) is 11.3 Å². The summed E-state index contributed by atoms with van der Waals surface area (Å²) in [4.78, 5) is 0. The summed E-state index contributed by atoms with van der Waals surface area (Å²) in [5, 5.41) is 11.1. The summed E-state index contributed by atoms with van der Waals surface area (Å²) in [6.45, 7) is 6.82. The molecule has 1 nitrogen and oxygen atoms in total. The first kappa shape index (κ1) is 35.5. The van der Waals surface area contributed by atoms with Crippen LogP contribution < -0.4 is 15.6 Å². The van der Waals surface area contributed by atoms with Crippen LogP contribution in [0.25, 0.3) is 60.2 Å². The molecule has 1 heterocycles. The zero-order valence-electron chi connectivity index (χ0n) is 33.1. The van der Waals surface area contributed by atoms with Gasteiger partial charge in [0, 0.05) is 22.0 Å². The lowest BCUT2D eigenvalue weighted by molar-refractivity contribution is 0.590. The van der Waals surface area contributed by atoms with Crippen molar-refractivity contribution in [2.45, 2.75) is 26.2 Å². The van der Waals surface area contributed by atoms with Crippen molar-refractivity contribution in [3.63, 3.8) is 0 Å². The fourth-order valence-corrected chi connectivity index (χ4v) is 12.8. The Morgan fingerprint density at radius 1 is 0.414 bits per heavy atom. The highest BCUT2D eigenvalue weighted by Crippen LogP contribution is 2.40. The monoisotopic (exact) mass is 757 g/mol. The lowest BCUT2D eigenvalue weighted by Gasteiger charge is -2.28. The SMILES string of the molecule is CC(C)(C)c1ccc(-c2c3ccccc3c(C#C[Si](c3ccccc3)(c3ccccc3)c3ccc4c(c3)c3ccccc3n4-c3ccccc3)c3ccccc23)cc1. The second kappa shape index (κ2) is 14.2. The number of fused-ring (bicyclic) bond motifs is 5. The minimum Gasteiger partial charge on any atom is -0.309 e. The molecule has 0 aliphatic heterocycles. The van der Waals surface area contributed by atoms with Gasteiger partial charge in [-0.3, -0.25) is 0 Å². The summed E-state index contributed by atoms with van der Waals surface area (Å²) in [7, 11) is -3.03. The van der Waals surface area contributed by atoms with Crippen LogP contribution in [0.3, 0.4) is 0 Å². The maximum atomic E-state index is 4.20. The van der Waals surface area contributed by atoms with Crippen molar-refractivity contribution in [3.8, 4) is 28.3 Å². The Balaban J connectivity index is 1.27. The summed E-state index contributed by atoms with van der Waals surface area (Å²) in [5.74, 6) is 4.00. The Morgan fingerprint density at radius 2 is 0.897 bits per heavy atom. The highest BCUT2D eigenvalue weighted by molar-refractivity contribution is 7.17. The van der Waals surface area contributed by atoms with E-state index in [2.05, 4.69) is 243 Å². The Kier molecular flexibility index (Phi) is 8.70. The molecular formula is C56H43NSi. The van der Waals surface area contributed by atoms with Crippen molar-refractivity contribution in [2.75, 3.05) is 0 Å². The Morgan fingerprint density at radius 3 is 1.47 bits per heavy atom. The van der Waals surface area contributed by atoms with Gasteiger partial charge in [0.1, 0.15) is 0 Å². The minimum absolute atomic E-state index is 0.0828. The van der Waals surface area contributed by atoms with E-state index in [1.165, 1.54) is 75.6 Å². The first-order valence-electron chi connectivity index (χ1n) is 20.2. The summed E-state index contributed by atoms with van der Waals surface area (Å²) >= 11 is 0. The molecule has 2 heteroatoms. The molecule has 0 radical (unpaired) electrons. The molecule has 1 aromatic heterocycles. The fourth-order valence-electron chi connectivity index (χ4n) is 9.02. The van der Waals surface area contributed by atoms with Crippen molar-refractivity contribution in [1.29, 1.82) is 0 Å². The van der Waals surface area contributed by atoms with Crippen LogP contribution in [0.15, 0.2) is 206 Å². The van der Waals surface area contributed by atoms with E-state index in [9.17, 15) is 0 Å². The van der Waals surface area contributed by atoms with Crippen molar-refractivity contribution in [1.82, 2.24) is 4.57 Å². The first-order chi connectivity index (χ1) is 28.4. The van der Waals surface area contributed by atoms with Crippen LogP contribution in [0.5, 0.6) is 0 Å². The second-order valence-electron chi connectivity index (χ2n) is 16.3. The van der Waals surface area contributed by atoms with E-state index < -0.39 is 8.07 Å². The van der Waals surface area contributed by atoms with Crippen molar-refractivity contribution in [2.24, 2.45) is 0 Å². The van der Waals surface area contributed by atoms with Crippen LogP contribution in [0, 0.1) is 11.5 Å². The van der Waals surface area contributed by atoms with Gasteiger partial charge < -0.3 is 4.57 Å². The summed E-state index contributed by atoms with van der Waals surface area (Å²) in [6, 6.07) is 75.6. The molecule has 0 saturated heterocycles. The quantitative estimate of drug-likeness (QED) is 0.0713. The van der Waals surface area contributed by atoms with Crippen LogP contribution >= 0.6 is 0 Å². The molecule has 0 aliphatic carbocycles. The third kappa shape index (κ3) is 5.86. The van der Waals surface area contributed by atoms with Gasteiger partial charge >= 0.3 is 0 Å². The van der Waals surface area contributed by atoms with E-state index in [4.69, 9.17) is 0 Å². The van der Waals surface area contributed by atoms with Gasteiger partial charge in [-0.15, -0.1) is 5.54 Å². The summed E-state index contributed by atoms with van der Waals surface area (Å²) < 4.78 is 2.39. The number of nitrogens with zero attached hydrogens (tertiary/aromatic N) is 1. The van der Waals surface area contributed by atoms with E-state index in [-0.39, 0.29) is 5.41 Å². The van der Waals surface area contributed by atoms with E-state index in [1.54, 1.807) is 0 Å². The molecule has 10 aromatic rings. The third-order valence-electron chi connectivity index (χ3n) is 11.9. The molecule has 0 saturated carbocycles. The summed E-state index contributed by atoms with van der Waals surface area (Å²) in [6.07, 6.45) is 0.